The predicted molar refractivity (Wildman–Crippen MR) is 106 cm³/mol. The molecule has 1 aliphatic carbocycles. The van der Waals surface area contributed by atoms with Gasteiger partial charge in [0.25, 0.3) is 0 Å². The molecule has 1 saturated heterocycles. The maximum Gasteiger partial charge on any atom is 0.141 e. The van der Waals surface area contributed by atoms with Gasteiger partial charge in [0.05, 0.1) is 22.2 Å². The number of hydrogen-bond donors (Lipinski definition) is 1. The second-order valence-electron chi connectivity index (χ2n) is 8.14. The van der Waals surface area contributed by atoms with Gasteiger partial charge < -0.3 is 10.2 Å². The van der Waals surface area contributed by atoms with E-state index in [9.17, 15) is 5.26 Å². The van der Waals surface area contributed by atoms with Crippen molar-refractivity contribution in [3.8, 4) is 6.07 Å². The standard InChI is InChI=1S/C21H22ClN5/c1-20(22)6-5-15-18(20)19(26-13-25-15)27-12-21(7-9-24-10-8-21)17-14(11-23)3-2-4-16(17)27/h2-4,13,24H,5-10,12H2,1H3/t20-/m1/s1. The minimum atomic E-state index is -0.442. The van der Waals surface area contributed by atoms with Gasteiger partial charge in [-0.25, -0.2) is 9.97 Å². The molecule has 27 heavy (non-hydrogen) atoms. The summed E-state index contributed by atoms with van der Waals surface area (Å²) in [4.78, 5) is 11.0. The topological polar surface area (TPSA) is 64.8 Å². The van der Waals surface area contributed by atoms with E-state index in [2.05, 4.69) is 34.3 Å². The molecular formula is C21H22ClN5. The molecule has 0 radical (unpaired) electrons. The monoisotopic (exact) mass is 379 g/mol. The van der Waals surface area contributed by atoms with Crippen LogP contribution >= 0.6 is 11.6 Å². The summed E-state index contributed by atoms with van der Waals surface area (Å²) in [5.41, 5.74) is 5.20. The molecule has 2 aliphatic heterocycles. The van der Waals surface area contributed by atoms with Crippen molar-refractivity contribution in [1.29, 1.82) is 5.26 Å². The fourth-order valence-corrected chi connectivity index (χ4v) is 5.49. The van der Waals surface area contributed by atoms with Gasteiger partial charge in [0.2, 0.25) is 0 Å². The maximum atomic E-state index is 9.78. The van der Waals surface area contributed by atoms with E-state index >= 15 is 0 Å². The third kappa shape index (κ3) is 2.40. The summed E-state index contributed by atoms with van der Waals surface area (Å²) < 4.78 is 0. The first-order valence-electron chi connectivity index (χ1n) is 9.61. The number of aryl methyl sites for hydroxylation is 1. The largest absolute Gasteiger partial charge is 0.325 e. The minimum absolute atomic E-state index is 0.00788. The van der Waals surface area contributed by atoms with Crippen molar-refractivity contribution < 1.29 is 0 Å². The number of piperidine rings is 1. The van der Waals surface area contributed by atoms with Gasteiger partial charge in [-0.1, -0.05) is 6.07 Å². The van der Waals surface area contributed by atoms with Crippen LogP contribution in [0.5, 0.6) is 0 Å². The molecule has 1 N–H and O–H groups in total. The first-order valence-corrected chi connectivity index (χ1v) is 9.99. The Morgan fingerprint density at radius 1 is 1.19 bits per heavy atom. The van der Waals surface area contributed by atoms with E-state index in [1.54, 1.807) is 6.33 Å². The average molecular weight is 380 g/mol. The number of nitrogens with one attached hydrogen (secondary N) is 1. The van der Waals surface area contributed by atoms with Gasteiger partial charge in [-0.3, -0.25) is 0 Å². The fraction of sp³-hybridized carbons (Fsp3) is 0.476. The number of nitrogens with zero attached hydrogens (tertiary/aromatic N) is 4. The molecule has 1 aromatic heterocycles. The highest BCUT2D eigenvalue weighted by molar-refractivity contribution is 6.24. The molecule has 0 amide bonds. The summed E-state index contributed by atoms with van der Waals surface area (Å²) in [6, 6.07) is 8.49. The number of anilines is 2. The molecule has 1 aromatic carbocycles. The summed E-state index contributed by atoms with van der Waals surface area (Å²) in [5, 5.41) is 13.2. The zero-order valence-electron chi connectivity index (χ0n) is 15.4. The number of halogens is 1. The summed E-state index contributed by atoms with van der Waals surface area (Å²) in [6.45, 7) is 4.86. The van der Waals surface area contributed by atoms with Gasteiger partial charge >= 0.3 is 0 Å². The van der Waals surface area contributed by atoms with E-state index in [-0.39, 0.29) is 5.41 Å². The first kappa shape index (κ1) is 17.0. The molecule has 0 bridgehead atoms. The van der Waals surface area contributed by atoms with Gasteiger partial charge in [-0.2, -0.15) is 5.26 Å². The van der Waals surface area contributed by atoms with Gasteiger partial charge in [-0.05, 0) is 57.8 Å². The van der Waals surface area contributed by atoms with Gasteiger partial charge in [-0.15, -0.1) is 11.6 Å². The lowest BCUT2D eigenvalue weighted by Gasteiger charge is -2.35. The summed E-state index contributed by atoms with van der Waals surface area (Å²) >= 11 is 6.88. The number of nitriles is 1. The van der Waals surface area contributed by atoms with Gasteiger partial charge in [0.1, 0.15) is 12.1 Å². The van der Waals surface area contributed by atoms with Gasteiger partial charge in [0, 0.05) is 28.8 Å². The van der Waals surface area contributed by atoms with Crippen molar-refractivity contribution in [2.24, 2.45) is 0 Å². The van der Waals surface area contributed by atoms with Crippen LogP contribution in [0.4, 0.5) is 11.5 Å². The zero-order valence-corrected chi connectivity index (χ0v) is 16.2. The Balaban J connectivity index is 1.72. The SMILES string of the molecule is C[C@@]1(Cl)CCc2ncnc(N3CC4(CCNCC4)c4c(C#N)cccc43)c21. The number of rotatable bonds is 1. The Kier molecular flexibility index (Phi) is 3.72. The number of fused-ring (bicyclic) bond motifs is 3. The molecule has 5 nitrogen and oxygen atoms in total. The quantitative estimate of drug-likeness (QED) is 0.768. The first-order chi connectivity index (χ1) is 13.1. The highest BCUT2D eigenvalue weighted by Gasteiger charge is 2.48. The van der Waals surface area contributed by atoms with Gasteiger partial charge in [0.15, 0.2) is 0 Å². The van der Waals surface area contributed by atoms with Crippen LogP contribution in [0.25, 0.3) is 0 Å². The smallest absolute Gasteiger partial charge is 0.141 e. The lowest BCUT2D eigenvalue weighted by molar-refractivity contribution is 0.328. The second-order valence-corrected chi connectivity index (χ2v) is 8.98. The van der Waals surface area contributed by atoms with E-state index in [1.165, 1.54) is 5.56 Å². The molecule has 3 heterocycles. The molecule has 0 unspecified atom stereocenters. The predicted octanol–water partition coefficient (Wildman–Crippen LogP) is 3.52. The van der Waals surface area contributed by atoms with Crippen molar-refractivity contribution in [1.82, 2.24) is 15.3 Å². The van der Waals surface area contributed by atoms with Crippen LogP contribution in [0.3, 0.4) is 0 Å². The summed E-state index contributed by atoms with van der Waals surface area (Å²) in [7, 11) is 0. The number of benzene rings is 1. The zero-order chi connectivity index (χ0) is 18.6. The number of alkyl halides is 1. The molecule has 2 aromatic rings. The van der Waals surface area contributed by atoms with E-state index in [0.29, 0.717) is 0 Å². The van der Waals surface area contributed by atoms with Crippen LogP contribution in [0, 0.1) is 11.3 Å². The molecular weight excluding hydrogens is 358 g/mol. The van der Waals surface area contributed by atoms with E-state index in [0.717, 1.165) is 73.6 Å². The lowest BCUT2D eigenvalue weighted by atomic mass is 9.73. The molecule has 1 spiro atoms. The van der Waals surface area contributed by atoms with Crippen LogP contribution in [-0.4, -0.2) is 29.6 Å². The molecule has 5 rings (SSSR count). The minimum Gasteiger partial charge on any atom is -0.325 e. The number of aromatic nitrogens is 2. The molecule has 138 valence electrons. The van der Waals surface area contributed by atoms with E-state index < -0.39 is 4.87 Å². The van der Waals surface area contributed by atoms with E-state index in [4.69, 9.17) is 16.6 Å². The van der Waals surface area contributed by atoms with Crippen molar-refractivity contribution >= 4 is 23.1 Å². The van der Waals surface area contributed by atoms with Crippen LogP contribution in [-0.2, 0) is 16.7 Å². The summed E-state index contributed by atoms with van der Waals surface area (Å²) in [6.07, 6.45) is 5.48. The summed E-state index contributed by atoms with van der Waals surface area (Å²) in [5.74, 6) is 0.918. The molecule has 1 atom stereocenters. The lowest BCUT2D eigenvalue weighted by Crippen LogP contribution is -2.43. The Morgan fingerprint density at radius 2 is 2.00 bits per heavy atom. The maximum absolute atomic E-state index is 9.78. The Hall–Kier alpha value is -2.16. The highest BCUT2D eigenvalue weighted by atomic mass is 35.5. The Labute approximate surface area is 164 Å². The van der Waals surface area contributed by atoms with Crippen molar-refractivity contribution in [2.45, 2.75) is 42.9 Å². The van der Waals surface area contributed by atoms with Crippen molar-refractivity contribution in [3.63, 3.8) is 0 Å². The molecule has 0 saturated carbocycles. The Morgan fingerprint density at radius 3 is 2.78 bits per heavy atom. The fourth-order valence-electron chi connectivity index (χ4n) is 5.20. The number of hydrogen-bond acceptors (Lipinski definition) is 5. The Bertz CT molecular complexity index is 956. The third-order valence-corrected chi connectivity index (χ3v) is 6.90. The van der Waals surface area contributed by atoms with E-state index in [1.807, 2.05) is 12.1 Å². The second kappa shape index (κ2) is 5.92. The third-order valence-electron chi connectivity index (χ3n) is 6.52. The normalized spacial score (nSPS) is 25.3. The molecule has 3 aliphatic rings. The molecule has 1 fully saturated rings. The van der Waals surface area contributed by atoms with Crippen molar-refractivity contribution in [3.05, 3.63) is 46.9 Å². The van der Waals surface area contributed by atoms with Crippen LogP contribution in [0.15, 0.2) is 24.5 Å². The highest BCUT2D eigenvalue weighted by Crippen LogP contribution is 2.53. The van der Waals surface area contributed by atoms with Crippen molar-refractivity contribution in [2.75, 3.05) is 24.5 Å². The van der Waals surface area contributed by atoms with Crippen LogP contribution in [0.2, 0.25) is 0 Å². The average Bonchev–Trinajstić information content (AvgIpc) is 3.18. The van der Waals surface area contributed by atoms with Crippen LogP contribution < -0.4 is 10.2 Å². The molecule has 6 heteroatoms. The van der Waals surface area contributed by atoms with Crippen LogP contribution in [0.1, 0.15) is 48.6 Å².